The van der Waals surface area contributed by atoms with Crippen molar-refractivity contribution in [2.45, 2.75) is 90.8 Å². The summed E-state index contributed by atoms with van der Waals surface area (Å²) in [5.41, 5.74) is 2.62. The summed E-state index contributed by atoms with van der Waals surface area (Å²) in [7, 11) is 3.81. The molecule has 18 heteroatoms. The van der Waals surface area contributed by atoms with E-state index in [0.29, 0.717) is 24.2 Å². The smallest absolute Gasteiger partial charge is 0.338 e. The molecule has 64 heavy (non-hydrogen) atoms. The number of rotatable bonds is 23. The number of nitrogens with one attached hydrogen (secondary N) is 2. The lowest BCUT2D eigenvalue weighted by molar-refractivity contribution is -0.146. The van der Waals surface area contributed by atoms with Gasteiger partial charge in [-0.25, -0.2) is 23.7 Å². The molecule has 5 aromatic rings. The lowest BCUT2D eigenvalue weighted by Crippen LogP contribution is -2.46. The molecule has 2 amide bonds. The molecule has 2 aromatic heterocycles. The van der Waals surface area contributed by atoms with Gasteiger partial charge in [-0.05, 0) is 47.9 Å². The summed E-state index contributed by atoms with van der Waals surface area (Å²) in [4.78, 5) is 65.4. The Morgan fingerprint density at radius 1 is 0.578 bits per heavy atom. The summed E-state index contributed by atoms with van der Waals surface area (Å²) >= 11 is 0. The highest BCUT2D eigenvalue weighted by atomic mass is 16.5. The van der Waals surface area contributed by atoms with Gasteiger partial charge < -0.3 is 34.3 Å². The molecule has 0 aliphatic rings. The summed E-state index contributed by atoms with van der Waals surface area (Å²) in [5, 5.41) is 22.7. The lowest BCUT2D eigenvalue weighted by atomic mass is 10.0. The summed E-state index contributed by atoms with van der Waals surface area (Å²) in [6.07, 6.45) is 4.46. The van der Waals surface area contributed by atoms with Crippen LogP contribution >= 0.6 is 0 Å². The molecule has 2 heterocycles. The highest BCUT2D eigenvalue weighted by molar-refractivity contribution is 5.90. The van der Waals surface area contributed by atoms with E-state index in [9.17, 15) is 24.0 Å². The van der Waals surface area contributed by atoms with E-state index in [0.717, 1.165) is 11.1 Å². The molecule has 0 aliphatic carbocycles. The van der Waals surface area contributed by atoms with E-state index >= 15 is 0 Å². The molecule has 18 nitrogen and oxygen atoms in total. The van der Waals surface area contributed by atoms with Crippen molar-refractivity contribution in [2.75, 3.05) is 21.3 Å². The van der Waals surface area contributed by atoms with Gasteiger partial charge in [0.2, 0.25) is 11.8 Å². The minimum atomic E-state index is -0.867. The van der Waals surface area contributed by atoms with Crippen LogP contribution in [-0.2, 0) is 59.4 Å². The minimum absolute atomic E-state index is 0.102. The SMILES string of the molecule is COC(=O)c1cc(OCc2cn([C@@H](Cc3ccccc3)C(=O)N[C@@H](CC(C)C)C(=O)OC)nn2)cc(OCc2cn([C@@H](Cc3ccccc3)C(=O)N[C@@H](CC(C)C)C(=O)OC)nn2)c1. The largest absolute Gasteiger partial charge is 0.487 e. The van der Waals surface area contributed by atoms with E-state index in [1.165, 1.54) is 42.8 Å². The van der Waals surface area contributed by atoms with Crippen molar-refractivity contribution in [2.24, 2.45) is 11.8 Å². The van der Waals surface area contributed by atoms with Crippen molar-refractivity contribution in [3.8, 4) is 11.5 Å². The van der Waals surface area contributed by atoms with Crippen LogP contribution in [0.25, 0.3) is 0 Å². The Hall–Kier alpha value is -7.11. The van der Waals surface area contributed by atoms with Gasteiger partial charge in [-0.3, -0.25) is 9.59 Å². The first-order valence-electron chi connectivity index (χ1n) is 20.9. The highest BCUT2D eigenvalue weighted by Gasteiger charge is 2.31. The van der Waals surface area contributed by atoms with Crippen molar-refractivity contribution in [1.29, 1.82) is 0 Å². The topological polar surface area (TPSA) is 217 Å². The molecule has 0 unspecified atom stereocenters. The molecule has 4 atom stereocenters. The second-order valence-electron chi connectivity index (χ2n) is 16.0. The number of ether oxygens (including phenoxy) is 5. The van der Waals surface area contributed by atoms with Crippen LogP contribution < -0.4 is 20.1 Å². The molecule has 0 bridgehead atoms. The molecule has 0 spiro atoms. The lowest BCUT2D eigenvalue weighted by Gasteiger charge is -2.22. The first-order valence-corrected chi connectivity index (χ1v) is 20.9. The predicted octanol–water partition coefficient (Wildman–Crippen LogP) is 4.79. The van der Waals surface area contributed by atoms with E-state index in [2.05, 4.69) is 31.3 Å². The number of hydrogen-bond donors (Lipinski definition) is 2. The van der Waals surface area contributed by atoms with Crippen LogP contribution in [-0.4, -0.2) is 93.1 Å². The van der Waals surface area contributed by atoms with Crippen molar-refractivity contribution in [3.63, 3.8) is 0 Å². The summed E-state index contributed by atoms with van der Waals surface area (Å²) in [6.45, 7) is 7.58. The number of methoxy groups -OCH3 is 3. The van der Waals surface area contributed by atoms with Gasteiger partial charge in [0.25, 0.3) is 0 Å². The Morgan fingerprint density at radius 3 is 1.34 bits per heavy atom. The molecular weight excluding hydrogens is 825 g/mol. The maximum Gasteiger partial charge on any atom is 0.338 e. The number of nitrogens with zero attached hydrogens (tertiary/aromatic N) is 6. The monoisotopic (exact) mass is 880 g/mol. The molecule has 340 valence electrons. The molecule has 3 aromatic carbocycles. The predicted molar refractivity (Wildman–Crippen MR) is 232 cm³/mol. The summed E-state index contributed by atoms with van der Waals surface area (Å²) in [5.74, 6) is -1.90. The van der Waals surface area contributed by atoms with Crippen LogP contribution in [0.15, 0.2) is 91.3 Å². The number of carbonyl (C=O) groups is 5. The highest BCUT2D eigenvalue weighted by Crippen LogP contribution is 2.26. The Morgan fingerprint density at radius 2 is 0.984 bits per heavy atom. The second kappa shape index (κ2) is 23.4. The molecule has 0 aliphatic heterocycles. The van der Waals surface area contributed by atoms with Crippen molar-refractivity contribution in [1.82, 2.24) is 40.6 Å². The average molecular weight is 881 g/mol. The van der Waals surface area contributed by atoms with Gasteiger partial charge in [0.05, 0.1) is 39.3 Å². The van der Waals surface area contributed by atoms with Gasteiger partial charge in [0.1, 0.15) is 60.3 Å². The number of hydrogen-bond acceptors (Lipinski definition) is 14. The van der Waals surface area contributed by atoms with E-state index in [1.54, 1.807) is 18.5 Å². The zero-order valence-electron chi connectivity index (χ0n) is 37.1. The zero-order valence-corrected chi connectivity index (χ0v) is 37.1. The summed E-state index contributed by atoms with van der Waals surface area (Å²) in [6, 6.07) is 19.9. The van der Waals surface area contributed by atoms with Gasteiger partial charge in [-0.1, -0.05) is 98.8 Å². The van der Waals surface area contributed by atoms with Crippen LogP contribution in [0.1, 0.15) is 85.5 Å². The maximum atomic E-state index is 13.8. The normalized spacial score (nSPS) is 13.0. The van der Waals surface area contributed by atoms with Gasteiger partial charge in [-0.2, -0.15) is 0 Å². The van der Waals surface area contributed by atoms with E-state index in [-0.39, 0.29) is 55.0 Å². The van der Waals surface area contributed by atoms with E-state index in [4.69, 9.17) is 23.7 Å². The second-order valence-corrected chi connectivity index (χ2v) is 16.0. The molecule has 0 radical (unpaired) electrons. The van der Waals surface area contributed by atoms with Crippen LogP contribution in [0.2, 0.25) is 0 Å². The molecule has 2 N–H and O–H groups in total. The van der Waals surface area contributed by atoms with Gasteiger partial charge in [-0.15, -0.1) is 10.2 Å². The number of benzene rings is 3. The minimum Gasteiger partial charge on any atom is -0.487 e. The first kappa shape index (κ1) is 47.9. The van der Waals surface area contributed by atoms with Crippen LogP contribution in [0, 0.1) is 11.8 Å². The molecule has 0 saturated heterocycles. The Kier molecular flexibility index (Phi) is 17.5. The van der Waals surface area contributed by atoms with Crippen LogP contribution in [0.5, 0.6) is 11.5 Å². The van der Waals surface area contributed by atoms with Gasteiger partial charge >= 0.3 is 17.9 Å². The first-order chi connectivity index (χ1) is 30.8. The van der Waals surface area contributed by atoms with Gasteiger partial charge in [0, 0.05) is 18.9 Å². The number of carbonyl (C=O) groups excluding carboxylic acids is 5. The fourth-order valence-corrected chi connectivity index (χ4v) is 6.83. The Labute approximate surface area is 371 Å². The average Bonchev–Trinajstić information content (AvgIpc) is 3.97. The number of esters is 3. The Balaban J connectivity index is 1.32. The van der Waals surface area contributed by atoms with Crippen LogP contribution in [0.4, 0.5) is 0 Å². The molecule has 5 rings (SSSR count). The van der Waals surface area contributed by atoms with Gasteiger partial charge in [0.15, 0.2) is 0 Å². The fourth-order valence-electron chi connectivity index (χ4n) is 6.83. The third kappa shape index (κ3) is 14.0. The third-order valence-corrected chi connectivity index (χ3v) is 10.00. The number of amides is 2. The van der Waals surface area contributed by atoms with Crippen molar-refractivity contribution >= 4 is 29.7 Å². The molecular formula is C46H56N8O10. The van der Waals surface area contributed by atoms with E-state index in [1.807, 2.05) is 88.4 Å². The quantitative estimate of drug-likeness (QED) is 0.0667. The summed E-state index contributed by atoms with van der Waals surface area (Å²) < 4.78 is 29.9. The Bertz CT molecular complexity index is 2160. The third-order valence-electron chi connectivity index (χ3n) is 10.00. The van der Waals surface area contributed by atoms with Crippen molar-refractivity contribution < 1.29 is 47.7 Å². The van der Waals surface area contributed by atoms with E-state index < -0.39 is 53.9 Å². The fraction of sp³-hybridized carbons (Fsp3) is 0.413. The van der Waals surface area contributed by atoms with Crippen molar-refractivity contribution in [3.05, 3.63) is 119 Å². The number of aromatic nitrogens is 6. The van der Waals surface area contributed by atoms with Crippen LogP contribution in [0.3, 0.4) is 0 Å². The zero-order chi connectivity index (χ0) is 46.2. The standard InChI is InChI=1S/C46H56N8O10/c1-29(2)18-38(45(58)61-6)47-42(55)40(20-31-14-10-8-11-15-31)53-25-34(49-51-53)27-63-36-22-33(44(57)60-5)23-37(24-36)64-28-35-26-54(52-50-35)41(21-32-16-12-9-13-17-32)43(56)48-39(19-30(3)4)46(59)62-7/h8-17,22-26,29-30,38-41H,18-21,27-28H2,1-7H3,(H,47,55)(H,48,56)/t38-,39-,40-,41-/m0/s1. The molecule has 0 fully saturated rings. The molecule has 0 saturated carbocycles. The maximum absolute atomic E-state index is 13.8.